The Morgan fingerprint density at radius 2 is 1.62 bits per heavy atom. The van der Waals surface area contributed by atoms with Crippen LogP contribution in [0.5, 0.6) is 0 Å². The van der Waals surface area contributed by atoms with Crippen LogP contribution in [0, 0.1) is 13.8 Å². The lowest BCUT2D eigenvalue weighted by atomic mass is 10.1. The van der Waals surface area contributed by atoms with Crippen LogP contribution in [0.4, 0.5) is 0 Å². The maximum atomic E-state index is 12.2. The van der Waals surface area contributed by atoms with E-state index in [1.54, 1.807) is 4.90 Å². The van der Waals surface area contributed by atoms with E-state index in [9.17, 15) is 13.2 Å². The molecule has 0 aliphatic carbocycles. The molecule has 0 radical (unpaired) electrons. The predicted molar refractivity (Wildman–Crippen MR) is 83.8 cm³/mol. The highest BCUT2D eigenvalue weighted by Crippen LogP contribution is 2.14. The molecule has 0 atom stereocenters. The molecular weight excluding hydrogens is 286 g/mol. The van der Waals surface area contributed by atoms with E-state index in [4.69, 9.17) is 0 Å². The van der Waals surface area contributed by atoms with Crippen LogP contribution in [-0.2, 0) is 20.4 Å². The van der Waals surface area contributed by atoms with Gasteiger partial charge in [0.2, 0.25) is 5.91 Å². The minimum absolute atomic E-state index is 0.0604. The molecule has 1 amide bonds. The van der Waals surface area contributed by atoms with Crippen molar-refractivity contribution >= 4 is 15.7 Å². The summed E-state index contributed by atoms with van der Waals surface area (Å²) in [6.45, 7) is 5.28. The molecule has 0 N–H and O–H groups in total. The van der Waals surface area contributed by atoms with Crippen LogP contribution in [0.25, 0.3) is 0 Å². The van der Waals surface area contributed by atoms with Crippen molar-refractivity contribution in [2.45, 2.75) is 38.9 Å². The first-order chi connectivity index (χ1) is 9.85. The summed E-state index contributed by atoms with van der Waals surface area (Å²) in [5, 5.41) is 0. The number of carbonyl (C=O) groups is 1. The van der Waals surface area contributed by atoms with Crippen LogP contribution >= 0.6 is 0 Å². The number of piperidine rings is 1. The van der Waals surface area contributed by atoms with E-state index in [0.717, 1.165) is 36.0 Å². The minimum atomic E-state index is -3.41. The largest absolute Gasteiger partial charge is 0.342 e. The van der Waals surface area contributed by atoms with Crippen LogP contribution in [0.2, 0.25) is 0 Å². The first kappa shape index (κ1) is 16.0. The topological polar surface area (TPSA) is 54.5 Å². The molecule has 0 spiro atoms. The van der Waals surface area contributed by atoms with Gasteiger partial charge >= 0.3 is 0 Å². The number of nitrogens with zero attached hydrogens (tertiary/aromatic N) is 1. The SMILES string of the molecule is Cc1cc(C)cc(CS(=O)(=O)CC(=O)N2CCCCC2)c1. The Morgan fingerprint density at radius 1 is 1.05 bits per heavy atom. The molecule has 1 aromatic carbocycles. The maximum absolute atomic E-state index is 12.2. The molecule has 1 heterocycles. The highest BCUT2D eigenvalue weighted by molar-refractivity contribution is 7.91. The second-order valence-electron chi connectivity index (χ2n) is 5.97. The number of sulfone groups is 1. The van der Waals surface area contributed by atoms with Gasteiger partial charge in [-0.2, -0.15) is 0 Å². The van der Waals surface area contributed by atoms with Crippen molar-refractivity contribution < 1.29 is 13.2 Å². The Kier molecular flexibility index (Phi) is 5.04. The molecule has 0 saturated carbocycles. The predicted octanol–water partition coefficient (Wildman–Crippen LogP) is 2.23. The van der Waals surface area contributed by atoms with Gasteiger partial charge < -0.3 is 4.90 Å². The summed E-state index contributed by atoms with van der Waals surface area (Å²) in [4.78, 5) is 13.8. The van der Waals surface area contributed by atoms with Crippen molar-refractivity contribution in [3.8, 4) is 0 Å². The normalized spacial score (nSPS) is 16.0. The lowest BCUT2D eigenvalue weighted by molar-refractivity contribution is -0.129. The molecule has 1 aliphatic rings. The molecule has 0 unspecified atom stereocenters. The zero-order valence-corrected chi connectivity index (χ0v) is 13.6. The summed E-state index contributed by atoms with van der Waals surface area (Å²) in [6.07, 6.45) is 3.07. The van der Waals surface area contributed by atoms with Crippen LogP contribution < -0.4 is 0 Å². The van der Waals surface area contributed by atoms with Gasteiger partial charge in [0.1, 0.15) is 5.75 Å². The molecule has 5 heteroatoms. The van der Waals surface area contributed by atoms with Crippen LogP contribution in [0.15, 0.2) is 18.2 Å². The molecule has 1 aromatic rings. The Bertz CT molecular complexity index is 596. The zero-order valence-electron chi connectivity index (χ0n) is 12.8. The molecule has 116 valence electrons. The fourth-order valence-corrected chi connectivity index (χ4v) is 4.22. The molecule has 21 heavy (non-hydrogen) atoms. The van der Waals surface area contributed by atoms with E-state index in [1.807, 2.05) is 32.0 Å². The fourth-order valence-electron chi connectivity index (χ4n) is 2.88. The van der Waals surface area contributed by atoms with E-state index < -0.39 is 9.84 Å². The summed E-state index contributed by atoms with van der Waals surface area (Å²) >= 11 is 0. The number of hydrogen-bond donors (Lipinski definition) is 0. The summed E-state index contributed by atoms with van der Waals surface area (Å²) in [7, 11) is -3.41. The molecule has 1 aliphatic heterocycles. The lowest BCUT2D eigenvalue weighted by Crippen LogP contribution is -2.39. The van der Waals surface area contributed by atoms with Gasteiger partial charge in [0.05, 0.1) is 5.75 Å². The van der Waals surface area contributed by atoms with Crippen LogP contribution in [0.1, 0.15) is 36.0 Å². The van der Waals surface area contributed by atoms with Crippen molar-refractivity contribution in [2.24, 2.45) is 0 Å². The first-order valence-electron chi connectivity index (χ1n) is 7.41. The van der Waals surface area contributed by atoms with Crippen LogP contribution in [0.3, 0.4) is 0 Å². The number of rotatable bonds is 4. The zero-order chi connectivity index (χ0) is 15.5. The fraction of sp³-hybridized carbons (Fsp3) is 0.562. The quantitative estimate of drug-likeness (QED) is 0.857. The minimum Gasteiger partial charge on any atom is -0.342 e. The molecule has 0 aromatic heterocycles. The molecule has 1 fully saturated rings. The van der Waals surface area contributed by atoms with Gasteiger partial charge in [0, 0.05) is 13.1 Å². The van der Waals surface area contributed by atoms with Gasteiger partial charge in [-0.05, 0) is 38.7 Å². The van der Waals surface area contributed by atoms with Gasteiger partial charge in [0.15, 0.2) is 9.84 Å². The van der Waals surface area contributed by atoms with Gasteiger partial charge in [-0.1, -0.05) is 29.3 Å². The number of aryl methyl sites for hydroxylation is 2. The highest BCUT2D eigenvalue weighted by atomic mass is 32.2. The molecule has 1 saturated heterocycles. The van der Waals surface area contributed by atoms with Crippen molar-refractivity contribution in [3.05, 3.63) is 34.9 Å². The summed E-state index contributed by atoms with van der Waals surface area (Å²) in [5.74, 6) is -0.686. The smallest absolute Gasteiger partial charge is 0.237 e. The number of amides is 1. The summed E-state index contributed by atoms with van der Waals surface area (Å²) < 4.78 is 24.5. The highest BCUT2D eigenvalue weighted by Gasteiger charge is 2.23. The Hall–Kier alpha value is -1.36. The van der Waals surface area contributed by atoms with Crippen molar-refractivity contribution in [3.63, 3.8) is 0 Å². The summed E-state index contributed by atoms with van der Waals surface area (Å²) in [6, 6.07) is 5.75. The van der Waals surface area contributed by atoms with Gasteiger partial charge in [-0.3, -0.25) is 4.79 Å². The summed E-state index contributed by atoms with van der Waals surface area (Å²) in [5.41, 5.74) is 2.85. The third-order valence-electron chi connectivity index (χ3n) is 3.72. The van der Waals surface area contributed by atoms with E-state index in [0.29, 0.717) is 13.1 Å². The standard InChI is InChI=1S/C16H23NO3S/c1-13-8-14(2)10-15(9-13)11-21(19,20)12-16(18)17-6-4-3-5-7-17/h8-10H,3-7,11-12H2,1-2H3. The van der Waals surface area contributed by atoms with E-state index in [2.05, 4.69) is 0 Å². The molecular formula is C16H23NO3S. The van der Waals surface area contributed by atoms with Crippen molar-refractivity contribution in [2.75, 3.05) is 18.8 Å². The third kappa shape index (κ3) is 4.84. The van der Waals surface area contributed by atoms with Gasteiger partial charge in [-0.15, -0.1) is 0 Å². The van der Waals surface area contributed by atoms with Crippen molar-refractivity contribution in [1.29, 1.82) is 0 Å². The van der Waals surface area contributed by atoms with Crippen LogP contribution in [-0.4, -0.2) is 38.1 Å². The Labute approximate surface area is 127 Å². The van der Waals surface area contributed by atoms with E-state index >= 15 is 0 Å². The molecule has 2 rings (SSSR count). The number of benzene rings is 1. The Balaban J connectivity index is 2.02. The van der Waals surface area contributed by atoms with E-state index in [-0.39, 0.29) is 17.4 Å². The van der Waals surface area contributed by atoms with Gasteiger partial charge in [0.25, 0.3) is 0 Å². The monoisotopic (exact) mass is 309 g/mol. The molecule has 4 nitrogen and oxygen atoms in total. The second-order valence-corrected chi connectivity index (χ2v) is 8.03. The first-order valence-corrected chi connectivity index (χ1v) is 9.23. The average molecular weight is 309 g/mol. The van der Waals surface area contributed by atoms with Crippen molar-refractivity contribution in [1.82, 2.24) is 4.90 Å². The third-order valence-corrected chi connectivity index (χ3v) is 5.18. The number of hydrogen-bond acceptors (Lipinski definition) is 3. The second kappa shape index (κ2) is 6.60. The number of carbonyl (C=O) groups excluding carboxylic acids is 1. The average Bonchev–Trinajstić information content (AvgIpc) is 2.37. The lowest BCUT2D eigenvalue weighted by Gasteiger charge is -2.26. The number of likely N-dealkylation sites (tertiary alicyclic amines) is 1. The van der Waals surface area contributed by atoms with E-state index in [1.165, 1.54) is 0 Å². The maximum Gasteiger partial charge on any atom is 0.237 e. The Morgan fingerprint density at radius 3 is 2.19 bits per heavy atom. The molecule has 0 bridgehead atoms. The van der Waals surface area contributed by atoms with Gasteiger partial charge in [-0.25, -0.2) is 8.42 Å².